The van der Waals surface area contributed by atoms with Crippen molar-refractivity contribution in [2.45, 2.75) is 6.92 Å². The van der Waals surface area contributed by atoms with E-state index >= 15 is 0 Å². The van der Waals surface area contributed by atoms with E-state index in [0.717, 1.165) is 6.92 Å². The van der Waals surface area contributed by atoms with Gasteiger partial charge in [-0.25, -0.2) is 0 Å². The molecule has 0 aromatic rings. The first-order valence-electron chi connectivity index (χ1n) is 2.82. The Balaban J connectivity index is 4.99. The van der Waals surface area contributed by atoms with Gasteiger partial charge < -0.3 is 10.1 Å². The van der Waals surface area contributed by atoms with Gasteiger partial charge in [0.05, 0.1) is 0 Å². The van der Waals surface area contributed by atoms with Crippen LogP contribution in [-0.4, -0.2) is 29.8 Å². The van der Waals surface area contributed by atoms with Gasteiger partial charge in [-0.2, -0.15) is 4.79 Å². The Morgan fingerprint density at radius 2 is 2.09 bits per heavy atom. The summed E-state index contributed by atoms with van der Waals surface area (Å²) in [6.45, 7) is 2.37. The first-order chi connectivity index (χ1) is 4.95. The van der Waals surface area contributed by atoms with Gasteiger partial charge in [0, 0.05) is 20.7 Å². The van der Waals surface area contributed by atoms with Crippen LogP contribution in [0.4, 0.5) is 0 Å². The molecule has 0 aliphatic heterocycles. The SMILES string of the molecule is COP(C)(=O)C(=[N+]=[N-])C(C)=O. The zero-order valence-electron chi connectivity index (χ0n) is 6.57. The summed E-state index contributed by atoms with van der Waals surface area (Å²) in [4.78, 5) is 13.2. The van der Waals surface area contributed by atoms with Crippen LogP contribution < -0.4 is 0 Å². The van der Waals surface area contributed by atoms with Crippen LogP contribution in [0.15, 0.2) is 0 Å². The average molecular weight is 176 g/mol. The summed E-state index contributed by atoms with van der Waals surface area (Å²) in [5.74, 6) is -0.555. The lowest BCUT2D eigenvalue weighted by Gasteiger charge is -2.01. The van der Waals surface area contributed by atoms with Crippen molar-refractivity contribution in [2.75, 3.05) is 13.8 Å². The number of nitrogens with zero attached hydrogens (tertiary/aromatic N) is 2. The van der Waals surface area contributed by atoms with Crippen LogP contribution in [0.3, 0.4) is 0 Å². The Morgan fingerprint density at radius 3 is 2.18 bits per heavy atom. The van der Waals surface area contributed by atoms with Crippen molar-refractivity contribution in [3.63, 3.8) is 0 Å². The van der Waals surface area contributed by atoms with Crippen molar-refractivity contribution < 1.29 is 18.7 Å². The van der Waals surface area contributed by atoms with E-state index in [4.69, 9.17) is 5.53 Å². The summed E-state index contributed by atoms with van der Waals surface area (Å²) in [5, 5.41) is 0. The molecule has 0 amide bonds. The monoisotopic (exact) mass is 176 g/mol. The maximum Gasteiger partial charge on any atom is 0.414 e. The molecule has 0 bridgehead atoms. The van der Waals surface area contributed by atoms with Gasteiger partial charge >= 0.3 is 12.8 Å². The third kappa shape index (κ3) is 2.39. The van der Waals surface area contributed by atoms with Crippen molar-refractivity contribution in [3.05, 3.63) is 5.53 Å². The van der Waals surface area contributed by atoms with Crippen molar-refractivity contribution in [3.8, 4) is 0 Å². The number of hydrogen-bond donors (Lipinski definition) is 0. The van der Waals surface area contributed by atoms with Crippen molar-refractivity contribution in [1.82, 2.24) is 0 Å². The average Bonchev–Trinajstić information content (AvgIpc) is 1.88. The Hall–Kier alpha value is -0.760. The molecule has 0 heterocycles. The highest BCUT2D eigenvalue weighted by Crippen LogP contribution is 2.42. The number of hydrogen-bond acceptors (Lipinski definition) is 3. The molecule has 62 valence electrons. The second-order valence-electron chi connectivity index (χ2n) is 2.01. The van der Waals surface area contributed by atoms with E-state index in [-0.39, 0.29) is 0 Å². The summed E-state index contributed by atoms with van der Waals surface area (Å²) >= 11 is 0. The van der Waals surface area contributed by atoms with E-state index in [1.54, 1.807) is 0 Å². The highest BCUT2D eigenvalue weighted by atomic mass is 31.2. The molecule has 6 heteroatoms. The molecule has 0 saturated carbocycles. The smallest absolute Gasteiger partial charge is 0.360 e. The minimum Gasteiger partial charge on any atom is -0.360 e. The third-order valence-corrected chi connectivity index (χ3v) is 3.01. The lowest BCUT2D eigenvalue weighted by atomic mass is 10.5. The molecule has 0 aromatic carbocycles. The van der Waals surface area contributed by atoms with Gasteiger partial charge in [0.25, 0.3) is 0 Å². The minimum atomic E-state index is -3.19. The topological polar surface area (TPSA) is 79.8 Å². The summed E-state index contributed by atoms with van der Waals surface area (Å²) in [5.41, 5.74) is 7.86. The van der Waals surface area contributed by atoms with Crippen molar-refractivity contribution >= 4 is 18.6 Å². The van der Waals surface area contributed by atoms with E-state index < -0.39 is 18.6 Å². The highest BCUT2D eigenvalue weighted by molar-refractivity contribution is 7.78. The molecular weight excluding hydrogens is 167 g/mol. The van der Waals surface area contributed by atoms with Crippen molar-refractivity contribution in [1.29, 1.82) is 0 Å². The fourth-order valence-electron chi connectivity index (χ4n) is 0.524. The van der Waals surface area contributed by atoms with E-state index in [2.05, 4.69) is 9.31 Å². The molecule has 0 aliphatic carbocycles. The Morgan fingerprint density at radius 1 is 1.64 bits per heavy atom. The van der Waals surface area contributed by atoms with Crippen LogP contribution in [0.5, 0.6) is 0 Å². The number of carbonyl (C=O) groups excluding carboxylic acids is 1. The highest BCUT2D eigenvalue weighted by Gasteiger charge is 2.35. The van der Waals surface area contributed by atoms with Gasteiger partial charge in [-0.05, 0) is 0 Å². The third-order valence-electron chi connectivity index (χ3n) is 1.14. The molecule has 0 aliphatic rings. The summed E-state index contributed by atoms with van der Waals surface area (Å²) < 4.78 is 15.7. The maximum absolute atomic E-state index is 11.2. The quantitative estimate of drug-likeness (QED) is 0.275. The zero-order chi connectivity index (χ0) is 9.07. The first-order valence-corrected chi connectivity index (χ1v) is 4.89. The molecule has 11 heavy (non-hydrogen) atoms. The number of rotatable bonds is 3. The predicted octanol–water partition coefficient (Wildman–Crippen LogP) is 0.758. The number of ketones is 1. The van der Waals surface area contributed by atoms with Crippen LogP contribution in [0.2, 0.25) is 0 Å². The zero-order valence-corrected chi connectivity index (χ0v) is 7.46. The minimum absolute atomic E-state index is 0.417. The van der Waals surface area contributed by atoms with E-state index in [1.165, 1.54) is 13.8 Å². The Bertz CT molecular complexity index is 267. The summed E-state index contributed by atoms with van der Waals surface area (Å²) in [7, 11) is -2.00. The fraction of sp³-hybridized carbons (Fsp3) is 0.600. The van der Waals surface area contributed by atoms with Crippen LogP contribution in [0.25, 0.3) is 5.53 Å². The molecule has 0 aromatic heterocycles. The Kier molecular flexibility index (Phi) is 3.33. The maximum atomic E-state index is 11.2. The lowest BCUT2D eigenvalue weighted by Crippen LogP contribution is -2.12. The van der Waals surface area contributed by atoms with Gasteiger partial charge in [-0.15, -0.1) is 0 Å². The number of carbonyl (C=O) groups is 1. The first kappa shape index (κ1) is 10.2. The van der Waals surface area contributed by atoms with Gasteiger partial charge in [0.2, 0.25) is 5.78 Å². The van der Waals surface area contributed by atoms with Crippen LogP contribution >= 0.6 is 7.37 Å². The molecule has 0 saturated heterocycles. The van der Waals surface area contributed by atoms with E-state index in [1.807, 2.05) is 0 Å². The molecule has 5 nitrogen and oxygen atoms in total. The summed E-state index contributed by atoms with van der Waals surface area (Å²) in [6, 6.07) is 0. The van der Waals surface area contributed by atoms with Crippen molar-refractivity contribution in [2.24, 2.45) is 0 Å². The molecule has 0 N–H and O–H groups in total. The summed E-state index contributed by atoms with van der Waals surface area (Å²) in [6.07, 6.45) is 0. The lowest BCUT2D eigenvalue weighted by molar-refractivity contribution is -0.114. The molecule has 0 fully saturated rings. The van der Waals surface area contributed by atoms with Crippen LogP contribution in [-0.2, 0) is 13.9 Å². The normalized spacial score (nSPS) is 14.8. The fourth-order valence-corrected chi connectivity index (χ4v) is 1.43. The molecular formula is C5H9N2O3P. The van der Waals surface area contributed by atoms with Gasteiger partial charge in [-0.3, -0.25) is 9.36 Å². The largest absolute Gasteiger partial charge is 0.414 e. The Labute approximate surface area is 64.4 Å². The van der Waals surface area contributed by atoms with Crippen LogP contribution in [0, 0.1) is 0 Å². The molecule has 0 radical (unpaired) electrons. The second-order valence-corrected chi connectivity index (χ2v) is 4.49. The van der Waals surface area contributed by atoms with Gasteiger partial charge in [0.15, 0.2) is 0 Å². The molecule has 1 unspecified atom stereocenters. The molecule has 1 atom stereocenters. The number of Topliss-reactive ketones (excluding diaryl/α,β-unsaturated/α-hetero) is 1. The van der Waals surface area contributed by atoms with Crippen LogP contribution in [0.1, 0.15) is 6.92 Å². The van der Waals surface area contributed by atoms with E-state index in [0.29, 0.717) is 0 Å². The molecule has 0 rings (SSSR count). The predicted molar refractivity (Wildman–Crippen MR) is 39.8 cm³/mol. The van der Waals surface area contributed by atoms with Gasteiger partial charge in [0.1, 0.15) is 0 Å². The molecule has 0 spiro atoms. The standard InChI is InChI=1S/C5H9N2O3P/c1-4(8)5(7-6)11(3,9)10-2/h1-3H3. The second kappa shape index (κ2) is 3.58. The van der Waals surface area contributed by atoms with E-state index in [9.17, 15) is 9.36 Å². The van der Waals surface area contributed by atoms with Gasteiger partial charge in [-0.1, -0.05) is 0 Å².